The summed E-state index contributed by atoms with van der Waals surface area (Å²) in [5.41, 5.74) is 8.01. The van der Waals surface area contributed by atoms with Crippen molar-refractivity contribution in [2.45, 2.75) is 56.0 Å². The number of aryl methyl sites for hydroxylation is 2. The van der Waals surface area contributed by atoms with Gasteiger partial charge in [-0.2, -0.15) is 0 Å². The van der Waals surface area contributed by atoms with Gasteiger partial charge in [-0.05, 0) is 45.6 Å². The number of nitrogens with zero attached hydrogens (tertiary/aromatic N) is 2. The molecule has 17 heavy (non-hydrogen) atoms. The Labute approximate surface area is 113 Å². The van der Waals surface area contributed by atoms with E-state index in [2.05, 4.69) is 9.97 Å². The highest BCUT2D eigenvalue weighted by molar-refractivity contribution is 7.99. The molecule has 1 fully saturated rings. The average Bonchev–Trinajstić information content (AvgIpc) is 2.20. The normalized spacial score (nSPS) is 24.2. The lowest BCUT2D eigenvalue weighted by molar-refractivity contribution is 0.450. The molecule has 0 atom stereocenters. The van der Waals surface area contributed by atoms with Gasteiger partial charge in [-0.25, -0.2) is 9.97 Å². The van der Waals surface area contributed by atoms with Gasteiger partial charge in [0, 0.05) is 22.7 Å². The minimum absolute atomic E-state index is 0. The van der Waals surface area contributed by atoms with E-state index in [0.717, 1.165) is 29.4 Å². The van der Waals surface area contributed by atoms with Crippen molar-refractivity contribution in [1.29, 1.82) is 0 Å². The van der Waals surface area contributed by atoms with E-state index < -0.39 is 0 Å². The van der Waals surface area contributed by atoms with Gasteiger partial charge in [0.1, 0.15) is 0 Å². The highest BCUT2D eigenvalue weighted by atomic mass is 35.5. The van der Waals surface area contributed by atoms with Crippen molar-refractivity contribution in [1.82, 2.24) is 9.97 Å². The van der Waals surface area contributed by atoms with Crippen LogP contribution in [-0.4, -0.2) is 21.3 Å². The van der Waals surface area contributed by atoms with Crippen LogP contribution in [-0.2, 0) is 0 Å². The summed E-state index contributed by atoms with van der Waals surface area (Å²) >= 11 is 1.82. The van der Waals surface area contributed by atoms with Crippen molar-refractivity contribution in [3.05, 3.63) is 17.5 Å². The van der Waals surface area contributed by atoms with Gasteiger partial charge in [-0.1, -0.05) is 11.8 Å². The molecule has 0 unspecified atom stereocenters. The SMILES string of the molecule is Cc1cc(C)nc(SC2CCC(N)CC2)n1.Cl. The molecule has 2 rings (SSSR count). The predicted molar refractivity (Wildman–Crippen MR) is 74.8 cm³/mol. The summed E-state index contributed by atoms with van der Waals surface area (Å²) in [7, 11) is 0. The molecule has 5 heteroatoms. The molecule has 1 saturated carbocycles. The molecule has 1 aliphatic rings. The van der Waals surface area contributed by atoms with Gasteiger partial charge < -0.3 is 5.73 Å². The first kappa shape index (κ1) is 14.7. The molecule has 0 saturated heterocycles. The van der Waals surface area contributed by atoms with Crippen molar-refractivity contribution in [3.8, 4) is 0 Å². The van der Waals surface area contributed by atoms with Crippen LogP contribution in [0.25, 0.3) is 0 Å². The van der Waals surface area contributed by atoms with Crippen molar-refractivity contribution < 1.29 is 0 Å². The Bertz CT molecular complexity index is 345. The van der Waals surface area contributed by atoms with Crippen LogP contribution in [0.4, 0.5) is 0 Å². The summed E-state index contributed by atoms with van der Waals surface area (Å²) in [6, 6.07) is 2.43. The Morgan fingerprint density at radius 2 is 1.65 bits per heavy atom. The average molecular weight is 274 g/mol. The maximum Gasteiger partial charge on any atom is 0.188 e. The van der Waals surface area contributed by atoms with E-state index in [9.17, 15) is 0 Å². The Morgan fingerprint density at radius 1 is 1.12 bits per heavy atom. The summed E-state index contributed by atoms with van der Waals surface area (Å²) in [6.45, 7) is 4.05. The Hall–Kier alpha value is -0.320. The topological polar surface area (TPSA) is 51.8 Å². The number of hydrogen-bond acceptors (Lipinski definition) is 4. The van der Waals surface area contributed by atoms with Crippen LogP contribution < -0.4 is 5.73 Å². The highest BCUT2D eigenvalue weighted by Crippen LogP contribution is 2.31. The lowest BCUT2D eigenvalue weighted by Crippen LogP contribution is -2.27. The lowest BCUT2D eigenvalue weighted by Gasteiger charge is -2.24. The van der Waals surface area contributed by atoms with E-state index in [0.29, 0.717) is 11.3 Å². The van der Waals surface area contributed by atoms with Gasteiger partial charge in [-0.3, -0.25) is 0 Å². The van der Waals surface area contributed by atoms with Gasteiger partial charge in [0.25, 0.3) is 0 Å². The Balaban J connectivity index is 0.00000144. The van der Waals surface area contributed by atoms with Crippen molar-refractivity contribution in [2.24, 2.45) is 5.73 Å². The molecule has 0 radical (unpaired) electrons. The van der Waals surface area contributed by atoms with Crippen molar-refractivity contribution in [2.75, 3.05) is 0 Å². The largest absolute Gasteiger partial charge is 0.328 e. The van der Waals surface area contributed by atoms with Gasteiger partial charge in [0.2, 0.25) is 0 Å². The van der Waals surface area contributed by atoms with E-state index in [1.54, 1.807) is 0 Å². The highest BCUT2D eigenvalue weighted by Gasteiger charge is 2.20. The third kappa shape index (κ3) is 4.45. The van der Waals surface area contributed by atoms with Gasteiger partial charge >= 0.3 is 0 Å². The van der Waals surface area contributed by atoms with E-state index in [1.165, 1.54) is 12.8 Å². The Kier molecular flexibility index (Phi) is 5.70. The van der Waals surface area contributed by atoms with Gasteiger partial charge in [0.05, 0.1) is 0 Å². The maximum atomic E-state index is 5.90. The number of thioether (sulfide) groups is 1. The minimum atomic E-state index is 0. The van der Waals surface area contributed by atoms with Crippen LogP contribution in [0.2, 0.25) is 0 Å². The smallest absolute Gasteiger partial charge is 0.188 e. The van der Waals surface area contributed by atoms with Crippen molar-refractivity contribution in [3.63, 3.8) is 0 Å². The fourth-order valence-corrected chi connectivity index (χ4v) is 3.30. The molecular formula is C12H20ClN3S. The first-order valence-electron chi connectivity index (χ1n) is 5.88. The molecule has 1 aromatic rings. The van der Waals surface area contributed by atoms with Gasteiger partial charge in [0.15, 0.2) is 5.16 Å². The summed E-state index contributed by atoms with van der Waals surface area (Å²) in [4.78, 5) is 8.94. The first-order valence-corrected chi connectivity index (χ1v) is 6.76. The van der Waals surface area contributed by atoms with E-state index in [4.69, 9.17) is 5.73 Å². The van der Waals surface area contributed by atoms with Gasteiger partial charge in [-0.15, -0.1) is 12.4 Å². The van der Waals surface area contributed by atoms with E-state index >= 15 is 0 Å². The summed E-state index contributed by atoms with van der Waals surface area (Å²) in [5.74, 6) is 0. The van der Waals surface area contributed by atoms with Crippen LogP contribution >= 0.6 is 24.2 Å². The second kappa shape index (κ2) is 6.57. The molecule has 0 amide bonds. The van der Waals surface area contributed by atoms with E-state index in [1.807, 2.05) is 31.7 Å². The quantitative estimate of drug-likeness (QED) is 0.842. The molecule has 0 aliphatic heterocycles. The summed E-state index contributed by atoms with van der Waals surface area (Å²) < 4.78 is 0. The van der Waals surface area contributed by atoms with Crippen LogP contribution in [0.5, 0.6) is 0 Å². The molecular weight excluding hydrogens is 254 g/mol. The zero-order valence-electron chi connectivity index (χ0n) is 10.3. The molecule has 1 heterocycles. The monoisotopic (exact) mass is 273 g/mol. The predicted octanol–water partition coefficient (Wildman–Crippen LogP) is 2.88. The molecule has 3 nitrogen and oxygen atoms in total. The van der Waals surface area contributed by atoms with E-state index in [-0.39, 0.29) is 12.4 Å². The number of nitrogens with two attached hydrogens (primary N) is 1. The molecule has 2 N–H and O–H groups in total. The molecule has 1 aromatic heterocycles. The third-order valence-corrected chi connectivity index (χ3v) is 4.15. The zero-order valence-corrected chi connectivity index (χ0v) is 12.0. The first-order chi connectivity index (χ1) is 7.63. The molecule has 1 aliphatic carbocycles. The second-order valence-corrected chi connectivity index (χ2v) is 5.86. The summed E-state index contributed by atoms with van der Waals surface area (Å²) in [5, 5.41) is 1.58. The zero-order chi connectivity index (χ0) is 11.5. The number of aromatic nitrogens is 2. The summed E-state index contributed by atoms with van der Waals surface area (Å²) in [6.07, 6.45) is 4.68. The lowest BCUT2D eigenvalue weighted by atomic mass is 9.96. The minimum Gasteiger partial charge on any atom is -0.328 e. The van der Waals surface area contributed by atoms with Crippen LogP contribution in [0, 0.1) is 13.8 Å². The number of rotatable bonds is 2. The van der Waals surface area contributed by atoms with Crippen LogP contribution in [0.15, 0.2) is 11.2 Å². The molecule has 0 spiro atoms. The van der Waals surface area contributed by atoms with Crippen LogP contribution in [0.1, 0.15) is 37.1 Å². The number of halogens is 1. The fourth-order valence-electron chi connectivity index (χ4n) is 2.10. The molecule has 0 aromatic carbocycles. The maximum absolute atomic E-state index is 5.90. The molecule has 0 bridgehead atoms. The third-order valence-electron chi connectivity index (χ3n) is 2.95. The molecule has 96 valence electrons. The van der Waals surface area contributed by atoms with Crippen molar-refractivity contribution >= 4 is 24.2 Å². The second-order valence-electron chi connectivity index (χ2n) is 4.59. The fraction of sp³-hybridized carbons (Fsp3) is 0.667. The number of hydrogen-bond donors (Lipinski definition) is 1. The Morgan fingerprint density at radius 3 is 2.18 bits per heavy atom. The van der Waals surface area contributed by atoms with Crippen LogP contribution in [0.3, 0.4) is 0 Å². The standard InChI is InChI=1S/C12H19N3S.ClH/c1-8-7-9(2)15-12(14-8)16-11-5-3-10(13)4-6-11;/h7,10-11H,3-6,13H2,1-2H3;1H.